The maximum Gasteiger partial charge on any atom is 0.0401 e. The Morgan fingerprint density at radius 3 is 1.81 bits per heavy atom. The van der Waals surface area contributed by atoms with Gasteiger partial charge in [0.15, 0.2) is 0 Å². The minimum absolute atomic E-state index is 0.000689. The molecule has 2 aliphatic rings. The van der Waals surface area contributed by atoms with Gasteiger partial charge in [0.05, 0.1) is 0 Å². The van der Waals surface area contributed by atoms with Gasteiger partial charge in [0, 0.05) is 52.1 Å². The van der Waals surface area contributed by atoms with E-state index in [1.807, 2.05) is 34.4 Å². The molecule has 0 aliphatic heterocycles. The predicted octanol–water partition coefficient (Wildman–Crippen LogP) is 9.34. The molecule has 0 atom stereocenters. The van der Waals surface area contributed by atoms with Crippen LogP contribution in [0.15, 0.2) is 29.2 Å². The fourth-order valence-electron chi connectivity index (χ4n) is 6.24. The Morgan fingerprint density at radius 2 is 1.28 bits per heavy atom. The molecule has 0 saturated heterocycles. The molecule has 2 aromatic carbocycles. The Labute approximate surface area is 208 Å². The van der Waals surface area contributed by atoms with Crippen molar-refractivity contribution in [3.8, 4) is 20.9 Å². The Bertz CT molecular complexity index is 1350. The van der Waals surface area contributed by atoms with E-state index in [1.165, 1.54) is 74.1 Å². The number of fused-ring (bicyclic) bond motifs is 9. The number of thiol groups is 1. The fourth-order valence-corrected chi connectivity index (χ4v) is 9.69. The smallest absolute Gasteiger partial charge is 0.0401 e. The SMILES string of the molecule is CSc1cc2c3c(c(CS)cc2c2c1-c1sc(C)cc1C2(C)C)-c1sc(C)cc1C3(C)C. The summed E-state index contributed by atoms with van der Waals surface area (Å²) >= 11 is 10.6. The maximum atomic E-state index is 4.83. The van der Waals surface area contributed by atoms with Crippen LogP contribution in [0, 0.1) is 13.8 Å². The normalized spacial score (nSPS) is 16.9. The zero-order valence-corrected chi connectivity index (χ0v) is 23.0. The van der Waals surface area contributed by atoms with Crippen LogP contribution in [0.5, 0.6) is 0 Å². The lowest BCUT2D eigenvalue weighted by atomic mass is 9.76. The lowest BCUT2D eigenvalue weighted by Gasteiger charge is -2.28. The van der Waals surface area contributed by atoms with Gasteiger partial charge in [-0.1, -0.05) is 27.7 Å². The summed E-state index contributed by atoms with van der Waals surface area (Å²) < 4.78 is 0. The minimum Gasteiger partial charge on any atom is -0.175 e. The monoisotopic (exact) mass is 492 g/mol. The summed E-state index contributed by atoms with van der Waals surface area (Å²) in [5.74, 6) is 0.769. The molecule has 4 aromatic rings. The predicted molar refractivity (Wildman–Crippen MR) is 149 cm³/mol. The molecule has 32 heavy (non-hydrogen) atoms. The first-order valence-corrected chi connectivity index (χ1v) is 14.6. The molecule has 164 valence electrons. The van der Waals surface area contributed by atoms with E-state index in [0.29, 0.717) is 0 Å². The highest BCUT2D eigenvalue weighted by Gasteiger charge is 2.44. The zero-order chi connectivity index (χ0) is 22.7. The highest BCUT2D eigenvalue weighted by atomic mass is 32.2. The van der Waals surface area contributed by atoms with Crippen molar-refractivity contribution >= 4 is 57.8 Å². The van der Waals surface area contributed by atoms with E-state index < -0.39 is 0 Å². The third kappa shape index (κ3) is 2.48. The van der Waals surface area contributed by atoms with Gasteiger partial charge >= 0.3 is 0 Å². The van der Waals surface area contributed by atoms with Crippen molar-refractivity contribution in [1.82, 2.24) is 0 Å². The van der Waals surface area contributed by atoms with Crippen molar-refractivity contribution in [2.75, 3.05) is 6.26 Å². The average Bonchev–Trinajstić information content (AvgIpc) is 3.42. The Balaban J connectivity index is 1.82. The van der Waals surface area contributed by atoms with Gasteiger partial charge in [-0.05, 0) is 83.0 Å². The Kier molecular flexibility index (Phi) is 4.46. The molecule has 6 rings (SSSR count). The molecule has 0 saturated carbocycles. The van der Waals surface area contributed by atoms with Gasteiger partial charge in [-0.15, -0.1) is 34.4 Å². The van der Waals surface area contributed by atoms with Crippen molar-refractivity contribution < 1.29 is 0 Å². The number of aryl methyl sites for hydroxylation is 2. The van der Waals surface area contributed by atoms with Crippen LogP contribution >= 0.6 is 47.1 Å². The van der Waals surface area contributed by atoms with Crippen molar-refractivity contribution in [2.24, 2.45) is 0 Å². The summed E-state index contributed by atoms with van der Waals surface area (Å²) in [6.07, 6.45) is 2.24. The van der Waals surface area contributed by atoms with E-state index in [4.69, 9.17) is 12.6 Å². The standard InChI is InChI=1S/C28H28S4/c1-13-8-18-25(31-13)21-15(12-29)10-16-17(23(21)27(18,3)4)11-20(30-7)22-24(16)28(5,6)19-9-14(2)32-26(19)22/h8-11,29H,12H2,1-7H3. The number of thiophene rings is 2. The first-order valence-electron chi connectivity index (χ1n) is 11.2. The van der Waals surface area contributed by atoms with Gasteiger partial charge in [-0.3, -0.25) is 0 Å². The molecular formula is C28H28S4. The summed E-state index contributed by atoms with van der Waals surface area (Å²) in [5, 5.41) is 2.88. The first kappa shape index (κ1) is 21.3. The van der Waals surface area contributed by atoms with Gasteiger partial charge in [0.2, 0.25) is 0 Å². The molecule has 2 aliphatic carbocycles. The summed E-state index contributed by atoms with van der Waals surface area (Å²) in [7, 11) is 0. The van der Waals surface area contributed by atoms with E-state index >= 15 is 0 Å². The quantitative estimate of drug-likeness (QED) is 0.215. The van der Waals surface area contributed by atoms with Gasteiger partial charge < -0.3 is 0 Å². The third-order valence-corrected chi connectivity index (χ3v) is 10.9. The number of thioether (sulfide) groups is 1. The van der Waals surface area contributed by atoms with E-state index in [0.717, 1.165) is 5.75 Å². The molecule has 2 heterocycles. The summed E-state index contributed by atoms with van der Waals surface area (Å²) in [4.78, 5) is 7.18. The molecule has 0 nitrogen and oxygen atoms in total. The van der Waals surface area contributed by atoms with Crippen molar-refractivity contribution in [2.45, 2.75) is 63.0 Å². The number of benzene rings is 2. The number of hydrogen-bond donors (Lipinski definition) is 1. The zero-order valence-electron chi connectivity index (χ0n) is 19.7. The van der Waals surface area contributed by atoms with Crippen LogP contribution in [0.3, 0.4) is 0 Å². The average molecular weight is 493 g/mol. The van der Waals surface area contributed by atoms with Gasteiger partial charge in [0.25, 0.3) is 0 Å². The maximum absolute atomic E-state index is 4.83. The lowest BCUT2D eigenvalue weighted by Crippen LogP contribution is -2.18. The van der Waals surface area contributed by atoms with E-state index in [-0.39, 0.29) is 10.8 Å². The molecule has 4 heteroatoms. The third-order valence-electron chi connectivity index (χ3n) is 7.64. The fraction of sp³-hybridized carbons (Fsp3) is 0.357. The van der Waals surface area contributed by atoms with Crippen LogP contribution in [0.4, 0.5) is 0 Å². The van der Waals surface area contributed by atoms with E-state index in [2.05, 4.69) is 72.1 Å². The van der Waals surface area contributed by atoms with E-state index in [1.54, 1.807) is 0 Å². The van der Waals surface area contributed by atoms with Crippen molar-refractivity contribution in [3.05, 3.63) is 61.8 Å². The molecule has 0 spiro atoms. The second-order valence-electron chi connectivity index (χ2n) is 10.3. The summed E-state index contributed by atoms with van der Waals surface area (Å²) in [6.45, 7) is 14.2. The Hall–Kier alpha value is -1.20. The Morgan fingerprint density at radius 1 is 0.781 bits per heavy atom. The molecule has 2 aromatic heterocycles. The highest BCUT2D eigenvalue weighted by Crippen LogP contribution is 2.61. The lowest BCUT2D eigenvalue weighted by molar-refractivity contribution is 0.661. The molecule has 0 amide bonds. The molecule has 0 bridgehead atoms. The number of hydrogen-bond acceptors (Lipinski definition) is 4. The topological polar surface area (TPSA) is 0 Å². The highest BCUT2D eigenvalue weighted by molar-refractivity contribution is 7.98. The van der Waals surface area contributed by atoms with Crippen molar-refractivity contribution in [3.63, 3.8) is 0 Å². The molecule has 0 radical (unpaired) electrons. The van der Waals surface area contributed by atoms with Crippen LogP contribution in [0.1, 0.15) is 65.3 Å². The van der Waals surface area contributed by atoms with Crippen LogP contribution < -0.4 is 0 Å². The minimum atomic E-state index is 0.000689. The molecule has 0 N–H and O–H groups in total. The molecule has 0 fully saturated rings. The van der Waals surface area contributed by atoms with Gasteiger partial charge in [0.1, 0.15) is 0 Å². The van der Waals surface area contributed by atoms with Crippen LogP contribution in [-0.2, 0) is 16.6 Å². The van der Waals surface area contributed by atoms with Crippen LogP contribution in [0.2, 0.25) is 0 Å². The van der Waals surface area contributed by atoms with Gasteiger partial charge in [-0.2, -0.15) is 12.6 Å². The van der Waals surface area contributed by atoms with Gasteiger partial charge in [-0.25, -0.2) is 0 Å². The molecular weight excluding hydrogens is 465 g/mol. The number of rotatable bonds is 2. The van der Waals surface area contributed by atoms with E-state index in [9.17, 15) is 0 Å². The first-order chi connectivity index (χ1) is 15.1. The second-order valence-corrected chi connectivity index (χ2v) is 14.0. The summed E-state index contributed by atoms with van der Waals surface area (Å²) in [5.41, 5.74) is 10.4. The van der Waals surface area contributed by atoms with Crippen LogP contribution in [0.25, 0.3) is 31.7 Å². The largest absolute Gasteiger partial charge is 0.175 e. The van der Waals surface area contributed by atoms with Crippen LogP contribution in [-0.4, -0.2) is 6.26 Å². The molecule has 0 unspecified atom stereocenters. The second kappa shape index (κ2) is 6.69. The summed E-state index contributed by atoms with van der Waals surface area (Å²) in [6, 6.07) is 9.83. The van der Waals surface area contributed by atoms with Crippen molar-refractivity contribution in [1.29, 1.82) is 0 Å².